The first-order valence-electron chi connectivity index (χ1n) is 8.73. The fraction of sp³-hybridized carbons (Fsp3) is 1.00. The van der Waals surface area contributed by atoms with Crippen molar-refractivity contribution in [1.82, 2.24) is 10.2 Å². The third-order valence-corrected chi connectivity index (χ3v) is 5.16. The lowest BCUT2D eigenvalue weighted by Crippen LogP contribution is -2.44. The maximum atomic E-state index is 3.86. The summed E-state index contributed by atoms with van der Waals surface area (Å²) >= 11 is 0. The number of unbranched alkanes of at least 4 members (excludes halogenated alkanes) is 1. The van der Waals surface area contributed by atoms with Crippen LogP contribution in [-0.2, 0) is 0 Å². The van der Waals surface area contributed by atoms with Crippen LogP contribution >= 0.6 is 0 Å². The molecule has 1 aliphatic heterocycles. The molecule has 1 heterocycles. The smallest absolute Gasteiger partial charge is 0.00915 e. The molecule has 0 aromatic heterocycles. The molecule has 1 aliphatic carbocycles. The van der Waals surface area contributed by atoms with Gasteiger partial charge in [-0.3, -0.25) is 0 Å². The average molecular weight is 266 g/mol. The molecule has 0 radical (unpaired) electrons. The van der Waals surface area contributed by atoms with Gasteiger partial charge in [0.25, 0.3) is 0 Å². The second-order valence-corrected chi connectivity index (χ2v) is 7.02. The van der Waals surface area contributed by atoms with Crippen molar-refractivity contribution in [3.05, 3.63) is 0 Å². The van der Waals surface area contributed by atoms with E-state index >= 15 is 0 Å². The van der Waals surface area contributed by atoms with Crippen LogP contribution < -0.4 is 5.32 Å². The van der Waals surface area contributed by atoms with Gasteiger partial charge in [-0.2, -0.15) is 0 Å². The number of hydrogen-bond acceptors (Lipinski definition) is 2. The summed E-state index contributed by atoms with van der Waals surface area (Å²) < 4.78 is 0. The number of nitrogens with one attached hydrogen (secondary N) is 1. The molecule has 1 saturated carbocycles. The van der Waals surface area contributed by atoms with Gasteiger partial charge in [-0.05, 0) is 70.1 Å². The molecule has 0 bridgehead atoms. The molecule has 0 spiro atoms. The van der Waals surface area contributed by atoms with Crippen LogP contribution in [0.4, 0.5) is 0 Å². The number of likely N-dealkylation sites (tertiary alicyclic amines) is 1. The van der Waals surface area contributed by atoms with Crippen molar-refractivity contribution >= 4 is 0 Å². The standard InChI is InChI=1S/C17H34N2/c1-3-4-10-19-11-8-17(9-12-19)18-14-16-7-5-6-15(2)13-16/h15-18H,3-14H2,1-2H3. The molecule has 19 heavy (non-hydrogen) atoms. The van der Waals surface area contributed by atoms with Crippen LogP contribution in [0.1, 0.15) is 65.2 Å². The summed E-state index contributed by atoms with van der Waals surface area (Å²) in [5.41, 5.74) is 0. The zero-order valence-electron chi connectivity index (χ0n) is 13.2. The Labute approximate surface area is 120 Å². The fourth-order valence-corrected chi connectivity index (χ4v) is 3.82. The van der Waals surface area contributed by atoms with E-state index in [0.717, 1.165) is 17.9 Å². The van der Waals surface area contributed by atoms with Gasteiger partial charge in [-0.25, -0.2) is 0 Å². The number of nitrogens with zero attached hydrogens (tertiary/aromatic N) is 1. The highest BCUT2D eigenvalue weighted by atomic mass is 15.1. The van der Waals surface area contributed by atoms with Crippen molar-refractivity contribution in [2.75, 3.05) is 26.2 Å². The van der Waals surface area contributed by atoms with E-state index in [2.05, 4.69) is 24.1 Å². The highest BCUT2D eigenvalue weighted by Crippen LogP contribution is 2.28. The lowest BCUT2D eigenvalue weighted by Gasteiger charge is -2.34. The predicted octanol–water partition coefficient (Wildman–Crippen LogP) is 3.67. The van der Waals surface area contributed by atoms with Crippen LogP contribution in [0.3, 0.4) is 0 Å². The van der Waals surface area contributed by atoms with Crippen molar-refractivity contribution in [2.24, 2.45) is 11.8 Å². The molecule has 2 nitrogen and oxygen atoms in total. The Morgan fingerprint density at radius 3 is 2.58 bits per heavy atom. The second-order valence-electron chi connectivity index (χ2n) is 7.02. The lowest BCUT2D eigenvalue weighted by atomic mass is 9.82. The third kappa shape index (κ3) is 5.43. The van der Waals surface area contributed by atoms with Crippen LogP contribution in [-0.4, -0.2) is 37.1 Å². The highest BCUT2D eigenvalue weighted by Gasteiger charge is 2.22. The minimum Gasteiger partial charge on any atom is -0.314 e. The molecule has 1 saturated heterocycles. The van der Waals surface area contributed by atoms with Gasteiger partial charge >= 0.3 is 0 Å². The largest absolute Gasteiger partial charge is 0.314 e. The molecule has 2 aliphatic rings. The molecule has 0 aromatic rings. The molecule has 0 aromatic carbocycles. The fourth-order valence-electron chi connectivity index (χ4n) is 3.82. The van der Waals surface area contributed by atoms with Gasteiger partial charge in [0.05, 0.1) is 0 Å². The zero-order valence-corrected chi connectivity index (χ0v) is 13.2. The van der Waals surface area contributed by atoms with Gasteiger partial charge in [-0.15, -0.1) is 0 Å². The molecule has 2 heteroatoms. The minimum atomic E-state index is 0.801. The Bertz CT molecular complexity index is 233. The van der Waals surface area contributed by atoms with Gasteiger partial charge in [0.2, 0.25) is 0 Å². The normalized spacial score (nSPS) is 30.6. The molecule has 1 N–H and O–H groups in total. The Hall–Kier alpha value is -0.0800. The zero-order chi connectivity index (χ0) is 13.5. The van der Waals surface area contributed by atoms with Gasteiger partial charge in [0, 0.05) is 6.04 Å². The molecule has 112 valence electrons. The summed E-state index contributed by atoms with van der Waals surface area (Å²) in [6.45, 7) is 9.96. The monoisotopic (exact) mass is 266 g/mol. The van der Waals surface area contributed by atoms with Crippen LogP contribution in [0, 0.1) is 11.8 Å². The summed E-state index contributed by atoms with van der Waals surface area (Å²) in [7, 11) is 0. The van der Waals surface area contributed by atoms with Crippen molar-refractivity contribution in [2.45, 2.75) is 71.3 Å². The first-order valence-corrected chi connectivity index (χ1v) is 8.73. The van der Waals surface area contributed by atoms with E-state index in [1.165, 1.54) is 77.5 Å². The average Bonchev–Trinajstić information content (AvgIpc) is 2.44. The molecular formula is C17H34N2. The van der Waals surface area contributed by atoms with Gasteiger partial charge in [-0.1, -0.05) is 33.1 Å². The number of rotatable bonds is 6. The Morgan fingerprint density at radius 1 is 1.11 bits per heavy atom. The van der Waals surface area contributed by atoms with Crippen molar-refractivity contribution in [1.29, 1.82) is 0 Å². The topological polar surface area (TPSA) is 15.3 Å². The first-order chi connectivity index (χ1) is 9.28. The van der Waals surface area contributed by atoms with E-state index in [9.17, 15) is 0 Å². The van der Waals surface area contributed by atoms with Crippen molar-refractivity contribution in [3.8, 4) is 0 Å². The van der Waals surface area contributed by atoms with E-state index < -0.39 is 0 Å². The maximum Gasteiger partial charge on any atom is 0.00915 e. The van der Waals surface area contributed by atoms with Crippen molar-refractivity contribution < 1.29 is 0 Å². The number of piperidine rings is 1. The van der Waals surface area contributed by atoms with E-state index in [1.54, 1.807) is 0 Å². The lowest BCUT2D eigenvalue weighted by molar-refractivity contribution is 0.185. The van der Waals surface area contributed by atoms with E-state index in [1.807, 2.05) is 0 Å². The maximum absolute atomic E-state index is 3.86. The first kappa shape index (κ1) is 15.3. The molecule has 0 amide bonds. The summed E-state index contributed by atoms with van der Waals surface area (Å²) in [6.07, 6.45) is 11.3. The molecule has 2 unspecified atom stereocenters. The molecule has 2 atom stereocenters. The Morgan fingerprint density at radius 2 is 1.89 bits per heavy atom. The molecular weight excluding hydrogens is 232 g/mol. The van der Waals surface area contributed by atoms with Gasteiger partial charge in [0.15, 0.2) is 0 Å². The Balaban J connectivity index is 1.57. The summed E-state index contributed by atoms with van der Waals surface area (Å²) in [5, 5.41) is 3.86. The van der Waals surface area contributed by atoms with Crippen LogP contribution in [0.5, 0.6) is 0 Å². The Kier molecular flexibility index (Phi) is 6.66. The van der Waals surface area contributed by atoms with Crippen LogP contribution in [0.25, 0.3) is 0 Å². The van der Waals surface area contributed by atoms with Crippen LogP contribution in [0.15, 0.2) is 0 Å². The van der Waals surface area contributed by atoms with Gasteiger partial charge < -0.3 is 10.2 Å². The summed E-state index contributed by atoms with van der Waals surface area (Å²) in [6, 6.07) is 0.801. The summed E-state index contributed by atoms with van der Waals surface area (Å²) in [5.74, 6) is 1.93. The predicted molar refractivity (Wildman–Crippen MR) is 83.5 cm³/mol. The highest BCUT2D eigenvalue weighted by molar-refractivity contribution is 4.79. The summed E-state index contributed by atoms with van der Waals surface area (Å²) in [4.78, 5) is 2.66. The SMILES string of the molecule is CCCCN1CCC(NCC2CCCC(C)C2)CC1. The van der Waals surface area contributed by atoms with E-state index in [0.29, 0.717) is 0 Å². The van der Waals surface area contributed by atoms with Crippen LogP contribution in [0.2, 0.25) is 0 Å². The third-order valence-electron chi connectivity index (χ3n) is 5.16. The quantitative estimate of drug-likeness (QED) is 0.789. The molecule has 2 fully saturated rings. The van der Waals surface area contributed by atoms with E-state index in [4.69, 9.17) is 0 Å². The number of hydrogen-bond donors (Lipinski definition) is 1. The van der Waals surface area contributed by atoms with E-state index in [-0.39, 0.29) is 0 Å². The second kappa shape index (κ2) is 8.26. The van der Waals surface area contributed by atoms with Crippen molar-refractivity contribution in [3.63, 3.8) is 0 Å². The van der Waals surface area contributed by atoms with Gasteiger partial charge in [0.1, 0.15) is 0 Å². The molecule has 2 rings (SSSR count). The minimum absolute atomic E-state index is 0.801.